The Morgan fingerprint density at radius 1 is 1.24 bits per heavy atom. The third-order valence-electron chi connectivity index (χ3n) is 4.17. The number of carbonyl (C=O) groups is 1. The zero-order valence-corrected chi connectivity index (χ0v) is 21.5. The maximum absolute atomic E-state index is 11.9. The molecule has 0 aliphatic carbocycles. The fourth-order valence-corrected chi connectivity index (χ4v) is 3.43. The number of nitrogens with one attached hydrogen (secondary N) is 2. The average molecular weight is 577 g/mol. The van der Waals surface area contributed by atoms with Crippen LogP contribution >= 0.6 is 39.9 Å². The van der Waals surface area contributed by atoms with Crippen molar-refractivity contribution in [2.24, 2.45) is 12.0 Å². The zero-order valence-electron chi connectivity index (χ0n) is 17.6. The molecule has 1 amide bonds. The number of aliphatic imine (C=N–C) groups is 1. The SMILES string of the molecule is CN=C(NCc1cccc(NC(=O)CN(C)C)c1)N(C)Cc1cc(Br)cn1C.I. The Morgan fingerprint density at radius 2 is 1.97 bits per heavy atom. The van der Waals surface area contributed by atoms with E-state index in [4.69, 9.17) is 0 Å². The summed E-state index contributed by atoms with van der Waals surface area (Å²) in [6, 6.07) is 9.93. The standard InChI is InChI=1S/C20H29BrN6O.HI/c1-22-20(27(5)13-18-10-16(21)12-26(18)4)23-11-15-7-6-8-17(9-15)24-19(28)14-25(2)3;/h6-10,12H,11,13-14H2,1-5H3,(H,22,23)(H,24,28);1H. The summed E-state index contributed by atoms with van der Waals surface area (Å²) in [4.78, 5) is 20.2. The molecule has 2 rings (SSSR count). The number of guanidine groups is 1. The summed E-state index contributed by atoms with van der Waals surface area (Å²) >= 11 is 3.51. The van der Waals surface area contributed by atoms with Gasteiger partial charge in [0.25, 0.3) is 0 Å². The van der Waals surface area contributed by atoms with Crippen LogP contribution in [0, 0.1) is 0 Å². The van der Waals surface area contributed by atoms with Gasteiger partial charge in [-0.3, -0.25) is 9.79 Å². The van der Waals surface area contributed by atoms with Gasteiger partial charge in [-0.2, -0.15) is 0 Å². The van der Waals surface area contributed by atoms with Gasteiger partial charge in [0.1, 0.15) is 0 Å². The summed E-state index contributed by atoms with van der Waals surface area (Å²) in [5.74, 6) is 0.777. The van der Waals surface area contributed by atoms with Crippen LogP contribution in [0.25, 0.3) is 0 Å². The van der Waals surface area contributed by atoms with Gasteiger partial charge in [-0.25, -0.2) is 0 Å². The third kappa shape index (κ3) is 8.35. The normalized spacial score (nSPS) is 11.2. The smallest absolute Gasteiger partial charge is 0.238 e. The minimum Gasteiger partial charge on any atom is -0.352 e. The van der Waals surface area contributed by atoms with Gasteiger partial charge in [-0.15, -0.1) is 24.0 Å². The van der Waals surface area contributed by atoms with Gasteiger partial charge in [-0.1, -0.05) is 12.1 Å². The summed E-state index contributed by atoms with van der Waals surface area (Å²) in [5, 5.41) is 6.30. The van der Waals surface area contributed by atoms with E-state index in [1.807, 2.05) is 63.6 Å². The number of carbonyl (C=O) groups excluding carboxylic acids is 1. The average Bonchev–Trinajstić information content (AvgIpc) is 2.92. The van der Waals surface area contributed by atoms with E-state index in [2.05, 4.69) is 47.1 Å². The van der Waals surface area contributed by atoms with Crippen LogP contribution in [-0.4, -0.2) is 61.0 Å². The second-order valence-corrected chi connectivity index (χ2v) is 7.92. The van der Waals surface area contributed by atoms with Crippen molar-refractivity contribution in [3.63, 3.8) is 0 Å². The van der Waals surface area contributed by atoms with Crippen molar-refractivity contribution in [2.45, 2.75) is 13.1 Å². The van der Waals surface area contributed by atoms with Gasteiger partial charge in [0.2, 0.25) is 5.91 Å². The quantitative estimate of drug-likeness (QED) is 0.302. The minimum atomic E-state index is -0.0284. The van der Waals surface area contributed by atoms with Gasteiger partial charge in [-0.05, 0) is 53.8 Å². The van der Waals surface area contributed by atoms with Gasteiger partial charge in [0.15, 0.2) is 5.96 Å². The Bertz CT molecular complexity index is 836. The first-order chi connectivity index (χ1) is 13.3. The molecule has 29 heavy (non-hydrogen) atoms. The van der Waals surface area contributed by atoms with Crippen molar-refractivity contribution < 1.29 is 4.79 Å². The second kappa shape index (κ2) is 12.2. The van der Waals surface area contributed by atoms with Crippen LogP contribution in [0.2, 0.25) is 0 Å². The zero-order chi connectivity index (χ0) is 20.7. The molecule has 0 atom stereocenters. The fourth-order valence-electron chi connectivity index (χ4n) is 2.85. The topological polar surface area (TPSA) is 64.9 Å². The number of halogens is 2. The number of likely N-dealkylation sites (N-methyl/N-ethyl adjacent to an activating group) is 1. The molecular weight excluding hydrogens is 547 g/mol. The molecule has 0 bridgehead atoms. The maximum Gasteiger partial charge on any atom is 0.238 e. The van der Waals surface area contributed by atoms with Gasteiger partial charge < -0.3 is 25.0 Å². The molecule has 1 heterocycles. The highest BCUT2D eigenvalue weighted by molar-refractivity contribution is 14.0. The van der Waals surface area contributed by atoms with Crippen LogP contribution in [0.3, 0.4) is 0 Å². The summed E-state index contributed by atoms with van der Waals surface area (Å²) < 4.78 is 3.16. The third-order valence-corrected chi connectivity index (χ3v) is 4.60. The molecule has 160 valence electrons. The van der Waals surface area contributed by atoms with E-state index in [1.165, 1.54) is 5.69 Å². The van der Waals surface area contributed by atoms with Crippen molar-refractivity contribution in [3.8, 4) is 0 Å². The lowest BCUT2D eigenvalue weighted by atomic mass is 10.2. The molecule has 9 heteroatoms. The van der Waals surface area contributed by atoms with Crippen molar-refractivity contribution in [3.05, 3.63) is 52.3 Å². The molecule has 1 aromatic heterocycles. The first-order valence-electron chi connectivity index (χ1n) is 9.04. The predicted octanol–water partition coefficient (Wildman–Crippen LogP) is 3.11. The van der Waals surface area contributed by atoms with Gasteiger partial charge >= 0.3 is 0 Å². The molecule has 2 N–H and O–H groups in total. The number of nitrogens with zero attached hydrogens (tertiary/aromatic N) is 4. The molecule has 0 fully saturated rings. The molecule has 1 aromatic carbocycles. The first-order valence-corrected chi connectivity index (χ1v) is 9.84. The summed E-state index contributed by atoms with van der Waals surface area (Å²) in [6.45, 7) is 1.71. The Hall–Kier alpha value is -1.59. The number of hydrogen-bond acceptors (Lipinski definition) is 3. The van der Waals surface area contributed by atoms with E-state index in [0.717, 1.165) is 28.2 Å². The monoisotopic (exact) mass is 576 g/mol. The molecule has 0 saturated carbocycles. The van der Waals surface area contributed by atoms with E-state index in [-0.39, 0.29) is 29.9 Å². The number of aryl methyl sites for hydroxylation is 1. The maximum atomic E-state index is 11.9. The number of aromatic nitrogens is 1. The molecule has 7 nitrogen and oxygen atoms in total. The van der Waals surface area contributed by atoms with E-state index >= 15 is 0 Å². The molecule has 0 saturated heterocycles. The van der Waals surface area contributed by atoms with Gasteiger partial charge in [0, 0.05) is 49.7 Å². The van der Waals surface area contributed by atoms with Crippen LogP contribution in [-0.2, 0) is 24.9 Å². The van der Waals surface area contributed by atoms with E-state index in [0.29, 0.717) is 13.1 Å². The van der Waals surface area contributed by atoms with Crippen LogP contribution in [0.15, 0.2) is 46.0 Å². The van der Waals surface area contributed by atoms with Crippen molar-refractivity contribution >= 4 is 57.5 Å². The van der Waals surface area contributed by atoms with Crippen LogP contribution in [0.1, 0.15) is 11.3 Å². The van der Waals surface area contributed by atoms with Crippen LogP contribution < -0.4 is 10.6 Å². The lowest BCUT2D eigenvalue weighted by molar-refractivity contribution is -0.116. The predicted molar refractivity (Wildman–Crippen MR) is 134 cm³/mol. The number of amides is 1. The number of rotatable bonds is 7. The minimum absolute atomic E-state index is 0. The highest BCUT2D eigenvalue weighted by Crippen LogP contribution is 2.15. The molecule has 0 spiro atoms. The van der Waals surface area contributed by atoms with E-state index in [9.17, 15) is 4.79 Å². The van der Waals surface area contributed by atoms with Crippen molar-refractivity contribution in [1.82, 2.24) is 19.7 Å². The molecule has 0 radical (unpaired) electrons. The lowest BCUT2D eigenvalue weighted by Crippen LogP contribution is -2.38. The van der Waals surface area contributed by atoms with Crippen molar-refractivity contribution in [2.75, 3.05) is 40.1 Å². The number of hydrogen-bond donors (Lipinski definition) is 2. The van der Waals surface area contributed by atoms with E-state index in [1.54, 1.807) is 7.05 Å². The Morgan fingerprint density at radius 3 is 2.55 bits per heavy atom. The second-order valence-electron chi connectivity index (χ2n) is 7.00. The molecule has 2 aromatic rings. The van der Waals surface area contributed by atoms with Crippen LogP contribution in [0.5, 0.6) is 0 Å². The number of anilines is 1. The Kier molecular flexibility index (Phi) is 10.7. The number of benzene rings is 1. The summed E-state index contributed by atoms with van der Waals surface area (Å²) in [5.41, 5.74) is 3.05. The molecule has 0 unspecified atom stereocenters. The largest absolute Gasteiger partial charge is 0.352 e. The summed E-state index contributed by atoms with van der Waals surface area (Å²) in [6.07, 6.45) is 2.04. The van der Waals surface area contributed by atoms with Crippen LogP contribution in [0.4, 0.5) is 5.69 Å². The lowest BCUT2D eigenvalue weighted by Gasteiger charge is -2.22. The Labute approximate surface area is 198 Å². The highest BCUT2D eigenvalue weighted by atomic mass is 127. The molecular formula is C20H30BrIN6O. The van der Waals surface area contributed by atoms with Crippen molar-refractivity contribution in [1.29, 1.82) is 0 Å². The fraction of sp³-hybridized carbons (Fsp3) is 0.400. The molecule has 0 aliphatic heterocycles. The Balaban J connectivity index is 0.00000420. The first kappa shape index (κ1) is 25.4. The summed E-state index contributed by atoms with van der Waals surface area (Å²) in [7, 11) is 9.55. The van der Waals surface area contributed by atoms with E-state index < -0.39 is 0 Å². The highest BCUT2D eigenvalue weighted by Gasteiger charge is 2.10. The molecule has 0 aliphatic rings. The van der Waals surface area contributed by atoms with Gasteiger partial charge in [0.05, 0.1) is 13.1 Å².